The van der Waals surface area contributed by atoms with E-state index in [2.05, 4.69) is 13.8 Å². The minimum atomic E-state index is -0.392. The predicted molar refractivity (Wildman–Crippen MR) is 175 cm³/mol. The number of hydrogen-bond acceptors (Lipinski definition) is 3. The lowest BCUT2D eigenvalue weighted by Crippen LogP contribution is -2.38. The Hall–Kier alpha value is -4.77. The minimum Gasteiger partial charge on any atom is -0.268 e. The average molecular weight is 570 g/mol. The van der Waals surface area contributed by atoms with Gasteiger partial charge in [-0.05, 0) is 79.6 Å². The fourth-order valence-electron chi connectivity index (χ4n) is 5.21. The Labute approximate surface area is 254 Å². The number of para-hydroxylation sites is 1. The lowest BCUT2D eigenvalue weighted by atomic mass is 10.0. The van der Waals surface area contributed by atoms with Gasteiger partial charge in [-0.3, -0.25) is 9.59 Å². The Kier molecular flexibility index (Phi) is 9.63. The van der Waals surface area contributed by atoms with E-state index in [1.807, 2.05) is 116 Å². The molecule has 0 aliphatic rings. The van der Waals surface area contributed by atoms with Gasteiger partial charge in [0.15, 0.2) is 0 Å². The van der Waals surface area contributed by atoms with Gasteiger partial charge in [-0.2, -0.15) is 5.10 Å². The van der Waals surface area contributed by atoms with Crippen molar-refractivity contribution < 1.29 is 9.59 Å². The number of unbranched alkanes of at least 4 members (excludes halogenated alkanes) is 2. The molecular formula is C38H39N3O2. The summed E-state index contributed by atoms with van der Waals surface area (Å²) < 4.78 is 1.72. The second-order valence-corrected chi connectivity index (χ2v) is 11.0. The van der Waals surface area contributed by atoms with Crippen molar-refractivity contribution in [1.82, 2.24) is 9.78 Å². The Bertz CT molecular complexity index is 1610. The molecule has 5 rings (SSSR count). The third-order valence-electron chi connectivity index (χ3n) is 7.78. The summed E-state index contributed by atoms with van der Waals surface area (Å²) in [5, 5.41) is 4.95. The second kappa shape index (κ2) is 13.9. The molecule has 1 aromatic heterocycles. The highest BCUT2D eigenvalue weighted by atomic mass is 16.2. The van der Waals surface area contributed by atoms with Crippen LogP contribution < -0.4 is 4.90 Å². The maximum absolute atomic E-state index is 14.4. The Morgan fingerprint density at radius 2 is 1.19 bits per heavy atom. The van der Waals surface area contributed by atoms with Gasteiger partial charge >= 0.3 is 0 Å². The molecule has 0 aliphatic heterocycles. The maximum atomic E-state index is 14.4. The summed E-state index contributed by atoms with van der Waals surface area (Å²) in [4.78, 5) is 30.0. The standard InChI is InChI=1S/C38H39N3O2/c1-4-6-14-29-19-23-32(24-20-29)37(42)40(38(43)33-25-21-30(22-26-33)15-7-5-2)36-27-34(31-16-9-8-10-17-31)39-41(36)35-18-12-11-13-28(35)3/h8-13,16-27H,4-7,14-15H2,1-3H3. The quantitative estimate of drug-likeness (QED) is 0.149. The van der Waals surface area contributed by atoms with Gasteiger partial charge in [0, 0.05) is 22.8 Å². The molecule has 5 heteroatoms. The molecule has 0 saturated heterocycles. The van der Waals surface area contributed by atoms with E-state index in [1.165, 1.54) is 16.0 Å². The number of nitrogens with zero attached hydrogens (tertiary/aromatic N) is 3. The van der Waals surface area contributed by atoms with E-state index in [0.29, 0.717) is 22.6 Å². The number of benzene rings is 4. The highest BCUT2D eigenvalue weighted by Gasteiger charge is 2.31. The lowest BCUT2D eigenvalue weighted by molar-refractivity contribution is 0.0895. The highest BCUT2D eigenvalue weighted by Crippen LogP contribution is 2.31. The van der Waals surface area contributed by atoms with Crippen molar-refractivity contribution in [2.45, 2.75) is 59.3 Å². The third-order valence-corrected chi connectivity index (χ3v) is 7.78. The van der Waals surface area contributed by atoms with Gasteiger partial charge in [-0.25, -0.2) is 9.58 Å². The third kappa shape index (κ3) is 6.83. The molecule has 0 aliphatic carbocycles. The van der Waals surface area contributed by atoms with Crippen LogP contribution in [0.3, 0.4) is 0 Å². The maximum Gasteiger partial charge on any atom is 0.266 e. The number of imide groups is 1. The van der Waals surface area contributed by atoms with Crippen molar-refractivity contribution in [2.24, 2.45) is 0 Å². The molecule has 0 N–H and O–H groups in total. The Morgan fingerprint density at radius 3 is 1.70 bits per heavy atom. The van der Waals surface area contributed by atoms with Gasteiger partial charge in [-0.1, -0.05) is 99.5 Å². The number of hydrogen-bond donors (Lipinski definition) is 0. The van der Waals surface area contributed by atoms with E-state index >= 15 is 0 Å². The van der Waals surface area contributed by atoms with E-state index in [4.69, 9.17) is 5.10 Å². The van der Waals surface area contributed by atoms with Crippen LogP contribution in [-0.4, -0.2) is 21.6 Å². The largest absolute Gasteiger partial charge is 0.268 e. The van der Waals surface area contributed by atoms with Crippen LogP contribution in [0.4, 0.5) is 5.82 Å². The van der Waals surface area contributed by atoms with E-state index < -0.39 is 11.8 Å². The molecule has 0 spiro atoms. The van der Waals surface area contributed by atoms with Crippen molar-refractivity contribution in [2.75, 3.05) is 4.90 Å². The second-order valence-electron chi connectivity index (χ2n) is 11.0. The first kappa shape index (κ1) is 29.7. The van der Waals surface area contributed by atoms with Gasteiger partial charge in [0.05, 0.1) is 11.4 Å². The van der Waals surface area contributed by atoms with Crippen LogP contribution in [0.1, 0.15) is 76.9 Å². The lowest BCUT2D eigenvalue weighted by Gasteiger charge is -2.23. The molecule has 0 saturated carbocycles. The molecule has 0 atom stereocenters. The monoisotopic (exact) mass is 569 g/mol. The molecule has 0 unspecified atom stereocenters. The van der Waals surface area contributed by atoms with Gasteiger partial charge < -0.3 is 0 Å². The van der Waals surface area contributed by atoms with Gasteiger partial charge in [-0.15, -0.1) is 0 Å². The van der Waals surface area contributed by atoms with Crippen molar-refractivity contribution in [1.29, 1.82) is 0 Å². The molecule has 218 valence electrons. The number of amides is 2. The topological polar surface area (TPSA) is 55.2 Å². The van der Waals surface area contributed by atoms with Crippen LogP contribution in [0.15, 0.2) is 109 Å². The zero-order valence-corrected chi connectivity index (χ0v) is 25.3. The van der Waals surface area contributed by atoms with E-state index in [-0.39, 0.29) is 0 Å². The number of rotatable bonds is 11. The van der Waals surface area contributed by atoms with Gasteiger partial charge in [0.2, 0.25) is 0 Å². The van der Waals surface area contributed by atoms with Crippen LogP contribution in [0.5, 0.6) is 0 Å². The summed E-state index contributed by atoms with van der Waals surface area (Å²) in [6.07, 6.45) is 6.30. The first-order valence-electron chi connectivity index (χ1n) is 15.3. The summed E-state index contributed by atoms with van der Waals surface area (Å²) in [5.74, 6) is -0.388. The molecular weight excluding hydrogens is 530 g/mol. The van der Waals surface area contributed by atoms with Gasteiger partial charge in [0.1, 0.15) is 5.82 Å². The summed E-state index contributed by atoms with van der Waals surface area (Å²) >= 11 is 0. The highest BCUT2D eigenvalue weighted by molar-refractivity contribution is 6.25. The molecule has 0 fully saturated rings. The van der Waals surface area contributed by atoms with Gasteiger partial charge in [0.25, 0.3) is 11.8 Å². The fraction of sp³-hybridized carbons (Fsp3) is 0.237. The number of carbonyl (C=O) groups is 2. The summed E-state index contributed by atoms with van der Waals surface area (Å²) in [6, 6.07) is 34.8. The van der Waals surface area contributed by atoms with E-state index in [1.54, 1.807) is 4.68 Å². The molecule has 5 nitrogen and oxygen atoms in total. The average Bonchev–Trinajstić information content (AvgIpc) is 3.48. The summed E-state index contributed by atoms with van der Waals surface area (Å²) in [5.41, 5.74) is 6.61. The Balaban J connectivity index is 1.64. The number of aromatic nitrogens is 2. The van der Waals surface area contributed by atoms with Crippen LogP contribution >= 0.6 is 0 Å². The summed E-state index contributed by atoms with van der Waals surface area (Å²) in [7, 11) is 0. The van der Waals surface area contributed by atoms with Crippen molar-refractivity contribution in [3.05, 3.63) is 137 Å². The van der Waals surface area contributed by atoms with Crippen LogP contribution in [-0.2, 0) is 12.8 Å². The molecule has 0 radical (unpaired) electrons. The normalized spacial score (nSPS) is 11.0. The number of carbonyl (C=O) groups excluding carboxylic acids is 2. The van der Waals surface area contributed by atoms with Crippen molar-refractivity contribution >= 4 is 17.6 Å². The Morgan fingerprint density at radius 1 is 0.674 bits per heavy atom. The molecule has 4 aromatic carbocycles. The SMILES string of the molecule is CCCCc1ccc(C(=O)N(C(=O)c2ccc(CCCC)cc2)c2cc(-c3ccccc3)nn2-c2ccccc2C)cc1. The molecule has 0 bridgehead atoms. The minimum absolute atomic E-state index is 0.392. The molecule has 5 aromatic rings. The van der Waals surface area contributed by atoms with Crippen LogP contribution in [0, 0.1) is 6.92 Å². The van der Waals surface area contributed by atoms with Crippen molar-refractivity contribution in [3.63, 3.8) is 0 Å². The van der Waals surface area contributed by atoms with Crippen LogP contribution in [0.2, 0.25) is 0 Å². The molecule has 1 heterocycles. The van der Waals surface area contributed by atoms with Crippen molar-refractivity contribution in [3.8, 4) is 16.9 Å². The smallest absolute Gasteiger partial charge is 0.266 e. The predicted octanol–water partition coefficient (Wildman–Crippen LogP) is 9.02. The van der Waals surface area contributed by atoms with E-state index in [9.17, 15) is 9.59 Å². The zero-order valence-electron chi connectivity index (χ0n) is 25.3. The first-order chi connectivity index (χ1) is 21.0. The van der Waals surface area contributed by atoms with Crippen LogP contribution in [0.25, 0.3) is 16.9 Å². The zero-order chi connectivity index (χ0) is 30.2. The first-order valence-corrected chi connectivity index (χ1v) is 15.3. The van der Waals surface area contributed by atoms with E-state index in [0.717, 1.165) is 55.3 Å². The number of anilines is 1. The molecule has 2 amide bonds. The molecule has 43 heavy (non-hydrogen) atoms. The fourth-order valence-corrected chi connectivity index (χ4v) is 5.21. The summed E-state index contributed by atoms with van der Waals surface area (Å²) in [6.45, 7) is 6.33. The number of aryl methyl sites for hydroxylation is 3.